The minimum absolute atomic E-state index is 0.293. The second-order valence-electron chi connectivity index (χ2n) is 3.95. The lowest BCUT2D eigenvalue weighted by atomic mass is 10.1. The molecule has 3 N–H and O–H groups in total. The van der Waals surface area contributed by atoms with Gasteiger partial charge >= 0.3 is 6.03 Å². The van der Waals surface area contributed by atoms with Gasteiger partial charge in [-0.2, -0.15) is 10.1 Å². The van der Waals surface area contributed by atoms with Gasteiger partial charge in [-0.25, -0.2) is 9.89 Å². The Balaban J connectivity index is 1.72. The molecule has 0 aliphatic heterocycles. The first-order chi connectivity index (χ1) is 8.74. The Labute approximate surface area is 105 Å². The third-order valence-corrected chi connectivity index (χ3v) is 2.47. The fourth-order valence-corrected chi connectivity index (χ4v) is 1.49. The van der Waals surface area contributed by atoms with Gasteiger partial charge in [-0.3, -0.25) is 5.32 Å². The van der Waals surface area contributed by atoms with Crippen LogP contribution in [0.1, 0.15) is 11.1 Å². The van der Waals surface area contributed by atoms with Gasteiger partial charge in [0.25, 0.3) is 0 Å². The van der Waals surface area contributed by atoms with Crippen molar-refractivity contribution in [1.82, 2.24) is 20.5 Å². The van der Waals surface area contributed by atoms with Crippen LogP contribution >= 0.6 is 0 Å². The number of amides is 2. The average Bonchev–Trinajstić information content (AvgIpc) is 2.84. The first kappa shape index (κ1) is 12.1. The molecule has 2 aromatic rings. The maximum Gasteiger partial charge on any atom is 0.321 e. The quantitative estimate of drug-likeness (QED) is 0.763. The molecule has 1 aromatic carbocycles. The molecule has 1 heterocycles. The van der Waals surface area contributed by atoms with Crippen LogP contribution < -0.4 is 10.6 Å². The van der Waals surface area contributed by atoms with E-state index < -0.39 is 0 Å². The molecule has 0 saturated carbocycles. The fourth-order valence-electron chi connectivity index (χ4n) is 1.49. The van der Waals surface area contributed by atoms with Gasteiger partial charge in [0.1, 0.15) is 6.33 Å². The highest BCUT2D eigenvalue weighted by Gasteiger charge is 2.02. The summed E-state index contributed by atoms with van der Waals surface area (Å²) in [5, 5.41) is 11.5. The molecule has 6 nitrogen and oxygen atoms in total. The van der Waals surface area contributed by atoms with E-state index in [2.05, 4.69) is 50.1 Å². The minimum Gasteiger partial charge on any atom is -0.337 e. The molecule has 1 aromatic heterocycles. The van der Waals surface area contributed by atoms with Crippen molar-refractivity contribution in [3.05, 3.63) is 41.7 Å². The summed E-state index contributed by atoms with van der Waals surface area (Å²) in [7, 11) is 0. The van der Waals surface area contributed by atoms with Crippen molar-refractivity contribution < 1.29 is 4.79 Å². The van der Waals surface area contributed by atoms with Crippen molar-refractivity contribution in [2.45, 2.75) is 13.3 Å². The molecule has 0 saturated heterocycles. The van der Waals surface area contributed by atoms with Crippen LogP contribution in [0.3, 0.4) is 0 Å². The largest absolute Gasteiger partial charge is 0.337 e. The highest BCUT2D eigenvalue weighted by Crippen LogP contribution is 2.03. The van der Waals surface area contributed by atoms with Crippen molar-refractivity contribution in [2.24, 2.45) is 0 Å². The summed E-state index contributed by atoms with van der Waals surface area (Å²) in [5.74, 6) is 0.336. The molecule has 0 aliphatic carbocycles. The van der Waals surface area contributed by atoms with Gasteiger partial charge in [-0.05, 0) is 18.9 Å². The zero-order valence-electron chi connectivity index (χ0n) is 10.1. The van der Waals surface area contributed by atoms with Gasteiger partial charge in [0.15, 0.2) is 0 Å². The Hall–Kier alpha value is -2.37. The maximum atomic E-state index is 11.4. The van der Waals surface area contributed by atoms with E-state index in [-0.39, 0.29) is 6.03 Å². The van der Waals surface area contributed by atoms with Gasteiger partial charge in [0, 0.05) is 6.54 Å². The van der Waals surface area contributed by atoms with Gasteiger partial charge in [-0.1, -0.05) is 29.8 Å². The highest BCUT2D eigenvalue weighted by molar-refractivity contribution is 5.87. The van der Waals surface area contributed by atoms with E-state index in [9.17, 15) is 4.79 Å². The van der Waals surface area contributed by atoms with Crippen molar-refractivity contribution in [3.63, 3.8) is 0 Å². The Bertz CT molecular complexity index is 492. The third kappa shape index (κ3) is 3.58. The molecule has 0 radical (unpaired) electrons. The molecule has 6 heteroatoms. The SMILES string of the molecule is Cc1ccc(CCNC(=O)Nc2ncn[nH]2)cc1. The number of hydrogen-bond donors (Lipinski definition) is 3. The lowest BCUT2D eigenvalue weighted by Crippen LogP contribution is -2.30. The van der Waals surface area contributed by atoms with E-state index in [0.717, 1.165) is 6.42 Å². The molecule has 2 rings (SSSR count). The van der Waals surface area contributed by atoms with Crippen LogP contribution in [0.2, 0.25) is 0 Å². The number of carbonyl (C=O) groups is 1. The molecule has 0 atom stereocenters. The lowest BCUT2D eigenvalue weighted by Gasteiger charge is -2.05. The summed E-state index contributed by atoms with van der Waals surface area (Å²) in [6.45, 7) is 2.62. The zero-order chi connectivity index (χ0) is 12.8. The number of nitrogens with one attached hydrogen (secondary N) is 3. The van der Waals surface area contributed by atoms with E-state index in [0.29, 0.717) is 12.5 Å². The van der Waals surface area contributed by atoms with Gasteiger partial charge < -0.3 is 5.32 Å². The molecule has 0 unspecified atom stereocenters. The van der Waals surface area contributed by atoms with Crippen LogP contribution in [0.25, 0.3) is 0 Å². The average molecular weight is 245 g/mol. The summed E-state index contributed by atoms with van der Waals surface area (Å²) >= 11 is 0. The molecule has 0 spiro atoms. The Kier molecular flexibility index (Phi) is 3.90. The number of urea groups is 1. The topological polar surface area (TPSA) is 82.7 Å². The van der Waals surface area contributed by atoms with Crippen LogP contribution in [-0.2, 0) is 6.42 Å². The standard InChI is InChI=1S/C12H15N5O/c1-9-2-4-10(5-3-9)6-7-13-12(18)16-11-14-8-15-17-11/h2-5,8H,6-7H2,1H3,(H3,13,14,15,16,17,18). The van der Waals surface area contributed by atoms with Crippen LogP contribution in [0, 0.1) is 6.92 Å². The molecule has 0 aliphatic rings. The lowest BCUT2D eigenvalue weighted by molar-refractivity contribution is 0.252. The second kappa shape index (κ2) is 5.81. The number of nitrogens with zero attached hydrogens (tertiary/aromatic N) is 2. The van der Waals surface area contributed by atoms with Crippen molar-refractivity contribution in [3.8, 4) is 0 Å². The van der Waals surface area contributed by atoms with E-state index in [4.69, 9.17) is 0 Å². The van der Waals surface area contributed by atoms with E-state index in [1.165, 1.54) is 17.5 Å². The highest BCUT2D eigenvalue weighted by atomic mass is 16.2. The monoisotopic (exact) mass is 245 g/mol. The number of H-pyrrole nitrogens is 1. The minimum atomic E-state index is -0.293. The maximum absolute atomic E-state index is 11.4. The Morgan fingerprint density at radius 3 is 2.78 bits per heavy atom. The van der Waals surface area contributed by atoms with E-state index in [1.54, 1.807) is 0 Å². The van der Waals surface area contributed by atoms with Crippen LogP contribution in [-0.4, -0.2) is 27.8 Å². The van der Waals surface area contributed by atoms with Crippen molar-refractivity contribution >= 4 is 12.0 Å². The van der Waals surface area contributed by atoms with E-state index in [1.807, 2.05) is 6.92 Å². The van der Waals surface area contributed by atoms with Crippen LogP contribution in [0.4, 0.5) is 10.7 Å². The van der Waals surface area contributed by atoms with Crippen LogP contribution in [0.5, 0.6) is 0 Å². The predicted molar refractivity (Wildman–Crippen MR) is 68.3 cm³/mol. The van der Waals surface area contributed by atoms with Crippen molar-refractivity contribution in [1.29, 1.82) is 0 Å². The molecular weight excluding hydrogens is 230 g/mol. The number of aromatic nitrogens is 3. The third-order valence-electron chi connectivity index (χ3n) is 2.47. The number of aromatic amines is 1. The summed E-state index contributed by atoms with van der Waals surface area (Å²) < 4.78 is 0. The molecule has 0 bridgehead atoms. The number of hydrogen-bond acceptors (Lipinski definition) is 3. The van der Waals surface area contributed by atoms with Gasteiger partial charge in [0.05, 0.1) is 0 Å². The molecule has 94 valence electrons. The summed E-state index contributed by atoms with van der Waals surface area (Å²) in [6.07, 6.45) is 2.13. The molecule has 2 amide bonds. The van der Waals surface area contributed by atoms with E-state index >= 15 is 0 Å². The van der Waals surface area contributed by atoms with Gasteiger partial charge in [-0.15, -0.1) is 0 Å². The number of aryl methyl sites for hydroxylation is 1. The number of carbonyl (C=O) groups excluding carboxylic acids is 1. The van der Waals surface area contributed by atoms with Crippen LogP contribution in [0.15, 0.2) is 30.6 Å². The van der Waals surface area contributed by atoms with Crippen molar-refractivity contribution in [2.75, 3.05) is 11.9 Å². The first-order valence-corrected chi connectivity index (χ1v) is 5.70. The Morgan fingerprint density at radius 1 is 1.33 bits per heavy atom. The molecular formula is C12H15N5O. The molecule has 18 heavy (non-hydrogen) atoms. The normalized spacial score (nSPS) is 10.1. The predicted octanol–water partition coefficient (Wildman–Crippen LogP) is 1.48. The fraction of sp³-hybridized carbons (Fsp3) is 0.250. The zero-order valence-corrected chi connectivity index (χ0v) is 10.1. The number of rotatable bonds is 4. The molecule has 0 fully saturated rings. The summed E-state index contributed by atoms with van der Waals surface area (Å²) in [5.41, 5.74) is 2.43. The summed E-state index contributed by atoms with van der Waals surface area (Å²) in [4.78, 5) is 15.2. The Morgan fingerprint density at radius 2 is 2.11 bits per heavy atom. The summed E-state index contributed by atoms with van der Waals surface area (Å²) in [6, 6.07) is 7.95. The van der Waals surface area contributed by atoms with Gasteiger partial charge in [0.2, 0.25) is 5.95 Å². The second-order valence-corrected chi connectivity index (χ2v) is 3.95. The number of benzene rings is 1. The smallest absolute Gasteiger partial charge is 0.321 e. The number of anilines is 1. The first-order valence-electron chi connectivity index (χ1n) is 5.70.